The maximum absolute atomic E-state index is 14.0. The molecule has 5 amide bonds. The van der Waals surface area contributed by atoms with E-state index >= 15 is 0 Å². The Morgan fingerprint density at radius 1 is 0.972 bits per heavy atom. The molecule has 5 aliphatic rings. The highest BCUT2D eigenvalue weighted by Crippen LogP contribution is 2.49. The maximum Gasteiger partial charge on any atom is 0.336 e. The molecule has 0 aromatic heterocycles. The van der Waals surface area contributed by atoms with Gasteiger partial charge in [0.2, 0.25) is 23.6 Å². The van der Waals surface area contributed by atoms with Crippen LogP contribution in [0.5, 0.6) is 5.75 Å². The number of carbonyl (C=O) groups is 6. The molecule has 0 radical (unpaired) electrons. The van der Waals surface area contributed by atoms with Gasteiger partial charge < -0.3 is 45.8 Å². The molecule has 4 unspecified atom stereocenters. The normalized spacial score (nSPS) is 22.6. The molecule has 0 saturated carbocycles. The molecule has 0 bridgehead atoms. The van der Waals surface area contributed by atoms with E-state index in [1.807, 2.05) is 69.5 Å². The van der Waals surface area contributed by atoms with Crippen molar-refractivity contribution in [2.24, 2.45) is 11.8 Å². The molecule has 71 heavy (non-hydrogen) atoms. The predicted molar refractivity (Wildman–Crippen MR) is 257 cm³/mol. The molecule has 3 aromatic rings. The standard InChI is InChI=1S/C52H59F2N9O8/c1-60(2)34-11-14-38-43(22-34)71-44-23-35(61(3)4)12-15-39(44)47(38)37-13-10-30(19-40(37)51(69)70)48(66)57-18-17-56-16-6-9-45(64)58-26-31-7-5-8-32-27-62(28-41(31)32)46(65)21-33-20-42(59-49(33)67)50(68)63-29-52(53,54)24-36(63)25-55/h5,7-8,10-15,19,22-23,33-34,36,38,42,47,56H,6,9,16-18,20-21,24,26-29H2,1-4H3,(H,57,66)(H,58,64)(H,59,67)(H,69,70)/t33-,34?,36?,38?,42-,47?/m0/s1. The van der Waals surface area contributed by atoms with Crippen LogP contribution in [0.3, 0.4) is 0 Å². The van der Waals surface area contributed by atoms with Crippen molar-refractivity contribution in [3.63, 3.8) is 0 Å². The van der Waals surface area contributed by atoms with Crippen molar-refractivity contribution in [2.45, 2.75) is 81.7 Å². The summed E-state index contributed by atoms with van der Waals surface area (Å²) >= 11 is 0. The molecule has 5 N–H and O–H groups in total. The molecule has 19 heteroatoms. The Balaban J connectivity index is 0.770. The van der Waals surface area contributed by atoms with Crippen LogP contribution in [0, 0.1) is 23.2 Å². The molecule has 1 aliphatic carbocycles. The largest absolute Gasteiger partial charge is 0.478 e. The summed E-state index contributed by atoms with van der Waals surface area (Å²) in [5, 5.41) is 31.3. The first kappa shape index (κ1) is 50.2. The van der Waals surface area contributed by atoms with E-state index in [1.54, 1.807) is 23.1 Å². The topological polar surface area (TPSA) is 217 Å². The maximum atomic E-state index is 14.0. The van der Waals surface area contributed by atoms with Crippen LogP contribution in [0.4, 0.5) is 14.5 Å². The number of fused-ring (bicyclic) bond motifs is 3. The van der Waals surface area contributed by atoms with Gasteiger partial charge in [0.25, 0.3) is 11.8 Å². The number of aromatic carboxylic acids is 1. The third-order valence-electron chi connectivity index (χ3n) is 14.0. The zero-order chi connectivity index (χ0) is 50.7. The van der Waals surface area contributed by atoms with Gasteiger partial charge in [0.05, 0.1) is 18.2 Å². The van der Waals surface area contributed by atoms with Gasteiger partial charge in [0.15, 0.2) is 0 Å². The van der Waals surface area contributed by atoms with Gasteiger partial charge in [-0.25, -0.2) is 13.6 Å². The first-order chi connectivity index (χ1) is 33.9. The molecule has 2 fully saturated rings. The number of hydrogen-bond acceptors (Lipinski definition) is 11. The molecular weight excluding hydrogens is 917 g/mol. The molecule has 17 nitrogen and oxygen atoms in total. The van der Waals surface area contributed by atoms with Gasteiger partial charge >= 0.3 is 5.97 Å². The Bertz CT molecular complexity index is 2720. The number of carboxylic acid groups (broad SMARTS) is 1. The number of hydrogen-bond donors (Lipinski definition) is 5. The van der Waals surface area contributed by atoms with Gasteiger partial charge in [-0.2, -0.15) is 5.26 Å². The number of alkyl halides is 2. The number of ether oxygens (including phenoxy) is 1. The first-order valence-corrected chi connectivity index (χ1v) is 23.9. The second kappa shape index (κ2) is 21.0. The molecule has 2 saturated heterocycles. The van der Waals surface area contributed by atoms with Crippen LogP contribution >= 0.6 is 0 Å². The second-order valence-corrected chi connectivity index (χ2v) is 19.3. The molecule has 4 aliphatic heterocycles. The van der Waals surface area contributed by atoms with Crippen LogP contribution in [0.25, 0.3) is 0 Å². The number of allylic oxidation sites excluding steroid dienone is 1. The zero-order valence-corrected chi connectivity index (χ0v) is 40.2. The van der Waals surface area contributed by atoms with E-state index in [1.165, 1.54) is 6.07 Å². The van der Waals surface area contributed by atoms with Gasteiger partial charge in [-0.05, 0) is 80.0 Å². The van der Waals surface area contributed by atoms with E-state index in [9.17, 15) is 47.9 Å². The fraction of sp³-hybridized carbons (Fsp3) is 0.442. The quantitative estimate of drug-likeness (QED) is 0.0963. The molecular formula is C52H59F2N9O8. The smallest absolute Gasteiger partial charge is 0.336 e. The van der Waals surface area contributed by atoms with Gasteiger partial charge in [0, 0.05) is 113 Å². The fourth-order valence-electron chi connectivity index (χ4n) is 10.1. The van der Waals surface area contributed by atoms with Crippen molar-refractivity contribution in [1.29, 1.82) is 5.26 Å². The fourth-order valence-corrected chi connectivity index (χ4v) is 10.1. The Kier molecular flexibility index (Phi) is 14.9. The van der Waals surface area contributed by atoms with Crippen molar-refractivity contribution in [1.82, 2.24) is 36.0 Å². The minimum absolute atomic E-state index is 0.0128. The summed E-state index contributed by atoms with van der Waals surface area (Å²) < 4.78 is 34.4. The van der Waals surface area contributed by atoms with Crippen molar-refractivity contribution in [2.75, 3.05) is 59.3 Å². The number of likely N-dealkylation sites (tertiary alicyclic amines) is 1. The summed E-state index contributed by atoms with van der Waals surface area (Å²) in [6.45, 7) is 1.12. The van der Waals surface area contributed by atoms with E-state index in [0.29, 0.717) is 37.4 Å². The molecule has 4 heterocycles. The summed E-state index contributed by atoms with van der Waals surface area (Å²) in [5.41, 5.74) is 5.30. The Morgan fingerprint density at radius 2 is 1.76 bits per heavy atom. The van der Waals surface area contributed by atoms with E-state index in [-0.39, 0.29) is 79.7 Å². The number of benzene rings is 3. The highest BCUT2D eigenvalue weighted by Gasteiger charge is 2.50. The number of nitrogens with zero attached hydrogens (tertiary/aromatic N) is 5. The van der Waals surface area contributed by atoms with E-state index in [0.717, 1.165) is 38.6 Å². The number of halogens is 2. The monoisotopic (exact) mass is 975 g/mol. The van der Waals surface area contributed by atoms with Crippen LogP contribution in [-0.2, 0) is 38.8 Å². The summed E-state index contributed by atoms with van der Waals surface area (Å²) in [5.74, 6) is -6.52. The lowest BCUT2D eigenvalue weighted by atomic mass is 9.74. The van der Waals surface area contributed by atoms with Crippen molar-refractivity contribution >= 4 is 41.2 Å². The number of carbonyl (C=O) groups excluding carboxylic acids is 5. The summed E-state index contributed by atoms with van der Waals surface area (Å²) in [6.07, 6.45) is 6.02. The van der Waals surface area contributed by atoms with Gasteiger partial charge in [-0.15, -0.1) is 0 Å². The average Bonchev–Trinajstić information content (AvgIpc) is 4.05. The van der Waals surface area contributed by atoms with Crippen LogP contribution in [-0.4, -0.2) is 134 Å². The Hall–Kier alpha value is -7.17. The third-order valence-corrected chi connectivity index (χ3v) is 14.0. The Morgan fingerprint density at radius 3 is 2.51 bits per heavy atom. The van der Waals surface area contributed by atoms with Crippen LogP contribution < -0.4 is 30.9 Å². The highest BCUT2D eigenvalue weighted by atomic mass is 19.3. The number of likely N-dealkylation sites (N-methyl/N-ethyl adjacent to an activating group) is 1. The average molecular weight is 976 g/mol. The lowest BCUT2D eigenvalue weighted by Crippen LogP contribution is -2.46. The number of nitriles is 1. The molecule has 3 aromatic carbocycles. The minimum atomic E-state index is -3.19. The molecule has 0 spiro atoms. The van der Waals surface area contributed by atoms with E-state index < -0.39 is 60.6 Å². The second-order valence-electron chi connectivity index (χ2n) is 19.3. The third kappa shape index (κ3) is 11.1. The van der Waals surface area contributed by atoms with Crippen LogP contribution in [0.1, 0.15) is 86.6 Å². The molecule has 8 rings (SSSR count). The summed E-state index contributed by atoms with van der Waals surface area (Å²) in [6, 6.07) is 15.7. The number of carboxylic acids is 1. The molecule has 6 atom stereocenters. The number of rotatable bonds is 17. The van der Waals surface area contributed by atoms with E-state index in [4.69, 9.17) is 4.74 Å². The van der Waals surface area contributed by atoms with Crippen molar-refractivity contribution in [3.05, 3.63) is 118 Å². The van der Waals surface area contributed by atoms with Crippen LogP contribution in [0.2, 0.25) is 0 Å². The van der Waals surface area contributed by atoms with Gasteiger partial charge in [-0.3, -0.25) is 28.9 Å². The van der Waals surface area contributed by atoms with Crippen molar-refractivity contribution < 1.29 is 47.4 Å². The van der Waals surface area contributed by atoms with E-state index in [2.05, 4.69) is 44.4 Å². The van der Waals surface area contributed by atoms with Gasteiger partial charge in [0.1, 0.15) is 23.6 Å². The predicted octanol–water partition coefficient (Wildman–Crippen LogP) is 3.89. The first-order valence-electron chi connectivity index (χ1n) is 23.9. The summed E-state index contributed by atoms with van der Waals surface area (Å²) in [7, 11) is 7.85. The highest BCUT2D eigenvalue weighted by molar-refractivity contribution is 5.98. The number of nitrogens with one attached hydrogen (secondary N) is 4. The zero-order valence-electron chi connectivity index (χ0n) is 40.2. The SMILES string of the molecule is CN(C)c1ccc2c(c1)OC1=CC(N(C)C)C=CC1C2c1ccc(C(=O)NCCNCCCC(=O)NCc2cccc3c2CN(C(=O)C[C@@H]2C[C@@H](C(=O)N4CC(F)(F)CC4C#N)NC2=O)C3)cc1C(=O)O. The number of amides is 5. The van der Waals surface area contributed by atoms with Crippen LogP contribution in [0.15, 0.2) is 78.6 Å². The number of anilines is 1. The van der Waals surface area contributed by atoms with Crippen molar-refractivity contribution in [3.8, 4) is 11.8 Å². The Labute approximate surface area is 410 Å². The lowest BCUT2D eigenvalue weighted by Gasteiger charge is -2.38. The minimum Gasteiger partial charge on any atom is -0.478 e. The van der Waals surface area contributed by atoms with Gasteiger partial charge in [-0.1, -0.05) is 42.5 Å². The lowest BCUT2D eigenvalue weighted by molar-refractivity contribution is -0.135. The summed E-state index contributed by atoms with van der Waals surface area (Å²) in [4.78, 5) is 84.6. The molecule has 374 valence electrons.